The van der Waals surface area contributed by atoms with E-state index in [1.165, 1.54) is 18.2 Å². The van der Waals surface area contributed by atoms with Gasteiger partial charge in [0.25, 0.3) is 0 Å². The van der Waals surface area contributed by atoms with Crippen molar-refractivity contribution in [1.82, 2.24) is 0 Å². The first-order chi connectivity index (χ1) is 21.4. The van der Waals surface area contributed by atoms with Crippen molar-refractivity contribution in [3.05, 3.63) is 36.4 Å². The summed E-state index contributed by atoms with van der Waals surface area (Å²) in [6.07, 6.45) is -18.8. The fourth-order valence-corrected chi connectivity index (χ4v) is 4.90. The van der Waals surface area contributed by atoms with E-state index >= 15 is 0 Å². The Labute approximate surface area is 258 Å². The normalized spacial score (nSPS) is 35.0. The van der Waals surface area contributed by atoms with Gasteiger partial charge in [0.05, 0.1) is 13.2 Å². The largest absolute Gasteiger partial charge is 0.573 e. The van der Waals surface area contributed by atoms with E-state index in [9.17, 15) is 58.4 Å². The van der Waals surface area contributed by atoms with Crippen molar-refractivity contribution in [3.63, 3.8) is 0 Å². The molecular formula is C28H34F4O14. The van der Waals surface area contributed by atoms with Crippen LogP contribution in [0.4, 0.5) is 17.6 Å². The Bertz CT molecular complexity index is 1340. The predicted octanol–water partition coefficient (Wildman–Crippen LogP) is -0.304. The highest BCUT2D eigenvalue weighted by atomic mass is 19.4. The molecular weight excluding hydrogens is 636 g/mol. The van der Waals surface area contributed by atoms with Crippen LogP contribution in [0.5, 0.6) is 23.0 Å². The van der Waals surface area contributed by atoms with Gasteiger partial charge in [-0.05, 0) is 49.2 Å². The monoisotopic (exact) mass is 670 g/mol. The average Bonchev–Trinajstić information content (AvgIpc) is 2.99. The summed E-state index contributed by atoms with van der Waals surface area (Å²) >= 11 is 0. The molecule has 4 rings (SSSR count). The molecule has 46 heavy (non-hydrogen) atoms. The number of aliphatic hydroxyl groups is 8. The lowest BCUT2D eigenvalue weighted by Gasteiger charge is -2.45. The smallest absolute Gasteiger partial charge is 0.459 e. The zero-order chi connectivity index (χ0) is 34.2. The van der Waals surface area contributed by atoms with Gasteiger partial charge in [0, 0.05) is 0 Å². The first-order valence-electron chi connectivity index (χ1n) is 13.7. The third-order valence-corrected chi connectivity index (χ3v) is 7.64. The maximum Gasteiger partial charge on any atom is 0.573 e. The molecule has 0 saturated carbocycles. The van der Waals surface area contributed by atoms with Crippen molar-refractivity contribution in [2.24, 2.45) is 0 Å². The number of halogens is 4. The molecule has 258 valence electrons. The van der Waals surface area contributed by atoms with Crippen LogP contribution in [0.2, 0.25) is 0 Å². The van der Waals surface area contributed by atoms with Gasteiger partial charge in [-0.2, -0.15) is 0 Å². The van der Waals surface area contributed by atoms with E-state index in [4.69, 9.17) is 23.7 Å². The first kappa shape index (κ1) is 35.8. The van der Waals surface area contributed by atoms with Crippen LogP contribution in [0.15, 0.2) is 36.4 Å². The molecule has 2 aromatic rings. The second-order valence-electron chi connectivity index (χ2n) is 11.1. The van der Waals surface area contributed by atoms with Crippen molar-refractivity contribution in [2.45, 2.75) is 80.6 Å². The molecule has 0 bridgehead atoms. The van der Waals surface area contributed by atoms with Gasteiger partial charge in [0.15, 0.2) is 34.2 Å². The minimum absolute atomic E-state index is 0.0293. The molecule has 0 aliphatic carbocycles. The van der Waals surface area contributed by atoms with Gasteiger partial charge in [0.1, 0.15) is 36.6 Å². The number of alkyl halides is 4. The third kappa shape index (κ3) is 7.25. The van der Waals surface area contributed by atoms with Crippen LogP contribution in [0, 0.1) is 0 Å². The second-order valence-corrected chi connectivity index (χ2v) is 11.1. The van der Waals surface area contributed by atoms with Crippen LogP contribution in [-0.4, -0.2) is 128 Å². The summed E-state index contributed by atoms with van der Waals surface area (Å²) in [6.45, 7) is -0.888. The summed E-state index contributed by atoms with van der Waals surface area (Å²) in [5.41, 5.74) is -4.43. The summed E-state index contributed by atoms with van der Waals surface area (Å²) in [7, 11) is 0. The molecule has 2 fully saturated rings. The van der Waals surface area contributed by atoms with Gasteiger partial charge in [-0.1, -0.05) is 12.1 Å². The summed E-state index contributed by atoms with van der Waals surface area (Å²) < 4.78 is 84.3. The number of hydrogen-bond donors (Lipinski definition) is 8. The number of ether oxygens (including phenoxy) is 6. The molecule has 2 aliphatic rings. The van der Waals surface area contributed by atoms with Crippen molar-refractivity contribution < 1.29 is 86.8 Å². The molecule has 8 N–H and O–H groups in total. The highest BCUT2D eigenvalue weighted by molar-refractivity contribution is 5.70. The highest BCUT2D eigenvalue weighted by Crippen LogP contribution is 2.42. The van der Waals surface area contributed by atoms with Crippen LogP contribution in [0.25, 0.3) is 11.1 Å². The standard InChI is InChI=1S/C28H34F4O14/c1-26(39)22(37)20(35)18(9-33)44-24(26)42-14-5-3-12(7-16(14)41-11-29)13-4-6-15(17(8-13)46-28(30,31)32)43-25-27(2,40)23(38)21(36)19(10-34)45-25/h3-8,18-25,33-40H,9-11H2,1-2H3/t18-,19-,20-,21-,22+,23+,24+,25+,26+,27+/m1/s1. The predicted molar refractivity (Wildman–Crippen MR) is 143 cm³/mol. The molecule has 0 unspecified atom stereocenters. The fourth-order valence-electron chi connectivity index (χ4n) is 4.90. The lowest BCUT2D eigenvalue weighted by Crippen LogP contribution is -2.66. The zero-order valence-electron chi connectivity index (χ0n) is 24.2. The lowest BCUT2D eigenvalue weighted by molar-refractivity contribution is -0.316. The number of hydrogen-bond acceptors (Lipinski definition) is 14. The van der Waals surface area contributed by atoms with Gasteiger partial charge in [0.2, 0.25) is 19.4 Å². The van der Waals surface area contributed by atoms with E-state index in [1.54, 1.807) is 0 Å². The second kappa shape index (κ2) is 13.6. The van der Waals surface area contributed by atoms with Crippen molar-refractivity contribution in [3.8, 4) is 34.1 Å². The summed E-state index contributed by atoms with van der Waals surface area (Å²) in [5.74, 6) is -2.14. The fraction of sp³-hybridized carbons (Fsp3) is 0.571. The molecule has 2 aromatic carbocycles. The van der Waals surface area contributed by atoms with Crippen molar-refractivity contribution in [1.29, 1.82) is 0 Å². The molecule has 0 radical (unpaired) electrons. The van der Waals surface area contributed by atoms with Crippen LogP contribution in [0.1, 0.15) is 13.8 Å². The molecule has 0 amide bonds. The molecule has 2 saturated heterocycles. The summed E-state index contributed by atoms with van der Waals surface area (Å²) in [6, 6.07) is 6.79. The topological polar surface area (TPSA) is 217 Å². The molecule has 0 spiro atoms. The maximum atomic E-state index is 13.4. The third-order valence-electron chi connectivity index (χ3n) is 7.64. The highest BCUT2D eigenvalue weighted by Gasteiger charge is 2.54. The minimum atomic E-state index is -5.24. The molecule has 0 aromatic heterocycles. The zero-order valence-corrected chi connectivity index (χ0v) is 24.2. The molecule has 18 heteroatoms. The van der Waals surface area contributed by atoms with Gasteiger partial charge >= 0.3 is 6.36 Å². The summed E-state index contributed by atoms with van der Waals surface area (Å²) in [4.78, 5) is 0. The van der Waals surface area contributed by atoms with Crippen LogP contribution >= 0.6 is 0 Å². The Morgan fingerprint density at radius 2 is 1.13 bits per heavy atom. The quantitative estimate of drug-likeness (QED) is 0.152. The van der Waals surface area contributed by atoms with Gasteiger partial charge in [-0.15, -0.1) is 13.2 Å². The Morgan fingerprint density at radius 3 is 1.52 bits per heavy atom. The SMILES string of the molecule is C[C@@]1(O)[C@@H](Oc2ccc(-c3ccc(O[C@H]4O[C@H](CO)[C@@H](O)[C@H](O)[C@]4(C)O)c(OC(F)(F)F)c3)cc2OCF)O[C@H](CO)[C@@H](O)[C@@H]1O. The summed E-state index contributed by atoms with van der Waals surface area (Å²) in [5, 5.41) is 81.0. The number of benzene rings is 2. The molecule has 2 aliphatic heterocycles. The van der Waals surface area contributed by atoms with E-state index in [-0.39, 0.29) is 22.6 Å². The number of aliphatic hydroxyl groups excluding tert-OH is 6. The van der Waals surface area contributed by atoms with E-state index in [1.807, 2.05) is 0 Å². The van der Waals surface area contributed by atoms with Crippen LogP contribution < -0.4 is 18.9 Å². The Morgan fingerprint density at radius 1 is 0.717 bits per heavy atom. The molecule has 14 nitrogen and oxygen atoms in total. The van der Waals surface area contributed by atoms with Crippen molar-refractivity contribution >= 4 is 0 Å². The van der Waals surface area contributed by atoms with Gasteiger partial charge in [-0.3, -0.25) is 0 Å². The Balaban J connectivity index is 1.67. The van der Waals surface area contributed by atoms with E-state index in [0.29, 0.717) is 0 Å². The Kier molecular flexibility index (Phi) is 10.6. The lowest BCUT2D eigenvalue weighted by atomic mass is 9.88. The molecule has 10 atom stereocenters. The Hall–Kier alpha value is -3.04. The van der Waals surface area contributed by atoms with E-state index in [0.717, 1.165) is 32.0 Å². The van der Waals surface area contributed by atoms with E-state index in [2.05, 4.69) is 4.74 Å². The van der Waals surface area contributed by atoms with Crippen LogP contribution in [-0.2, 0) is 9.47 Å². The van der Waals surface area contributed by atoms with Gasteiger partial charge in [-0.25, -0.2) is 4.39 Å². The van der Waals surface area contributed by atoms with E-state index < -0.39 is 98.3 Å². The molecule has 2 heterocycles. The number of rotatable bonds is 10. The van der Waals surface area contributed by atoms with Crippen LogP contribution in [0.3, 0.4) is 0 Å². The maximum absolute atomic E-state index is 13.4. The van der Waals surface area contributed by atoms with Gasteiger partial charge < -0.3 is 69.3 Å². The van der Waals surface area contributed by atoms with Crippen molar-refractivity contribution in [2.75, 3.05) is 20.1 Å². The average molecular weight is 671 g/mol. The first-order valence-corrected chi connectivity index (χ1v) is 13.7. The minimum Gasteiger partial charge on any atom is -0.459 e.